The average Bonchev–Trinajstić information content (AvgIpc) is 2.64. The number of nitrogens with zero attached hydrogens (tertiary/aromatic N) is 2. The van der Waals surface area contributed by atoms with Crippen LogP contribution < -0.4 is 0 Å². The van der Waals surface area contributed by atoms with Crippen molar-refractivity contribution in [3.63, 3.8) is 0 Å². The van der Waals surface area contributed by atoms with Crippen LogP contribution in [0.4, 0.5) is 0 Å². The smallest absolute Gasteiger partial charge is 0.261 e. The molecule has 0 fully saturated rings. The third-order valence-electron chi connectivity index (χ3n) is 2.12. The van der Waals surface area contributed by atoms with Crippen molar-refractivity contribution in [1.29, 1.82) is 0 Å². The molecule has 0 radical (unpaired) electrons. The number of hydrogen-bond acceptors (Lipinski definition) is 3. The molecule has 2 aromatic rings. The van der Waals surface area contributed by atoms with Crippen molar-refractivity contribution in [2.45, 2.75) is 4.90 Å². The summed E-state index contributed by atoms with van der Waals surface area (Å²) in [5, 5.41) is 4.18. The van der Waals surface area contributed by atoms with Gasteiger partial charge in [0.2, 0.25) is 0 Å². The molecule has 16 heavy (non-hydrogen) atoms. The van der Waals surface area contributed by atoms with Crippen LogP contribution in [-0.4, -0.2) is 18.2 Å². The summed E-state index contributed by atoms with van der Waals surface area (Å²) in [5.74, 6) is 0. The molecular formula is C10H9ClN2O2S. The second kappa shape index (κ2) is 3.92. The summed E-state index contributed by atoms with van der Waals surface area (Å²) in [5.41, 5.74) is 1.44. The minimum atomic E-state index is -3.69. The molecule has 0 bridgehead atoms. The van der Waals surface area contributed by atoms with Gasteiger partial charge in [0.1, 0.15) is 0 Å². The summed E-state index contributed by atoms with van der Waals surface area (Å²) >= 11 is 0. The van der Waals surface area contributed by atoms with Gasteiger partial charge in [-0.3, -0.25) is 4.68 Å². The van der Waals surface area contributed by atoms with Gasteiger partial charge in [0, 0.05) is 29.5 Å². The fraction of sp³-hybridized carbons (Fsp3) is 0.100. The maximum atomic E-state index is 11.2. The predicted octanol–water partition coefficient (Wildman–Crippen LogP) is 2.01. The standard InChI is InChI=1S/C10H9ClN2O2S/c1-13-6-5-10(12-13)8-3-2-4-9(7-8)16(11,14)15/h2-7H,1H3. The number of aryl methyl sites for hydroxylation is 1. The van der Waals surface area contributed by atoms with Crippen molar-refractivity contribution < 1.29 is 8.42 Å². The van der Waals surface area contributed by atoms with E-state index >= 15 is 0 Å². The second-order valence-corrected chi connectivity index (χ2v) is 5.91. The number of hydrogen-bond donors (Lipinski definition) is 0. The lowest BCUT2D eigenvalue weighted by Crippen LogP contribution is -1.92. The highest BCUT2D eigenvalue weighted by atomic mass is 35.7. The Balaban J connectivity index is 2.52. The van der Waals surface area contributed by atoms with Gasteiger partial charge in [-0.1, -0.05) is 12.1 Å². The Labute approximate surface area is 97.9 Å². The van der Waals surface area contributed by atoms with Crippen LogP contribution in [0.5, 0.6) is 0 Å². The van der Waals surface area contributed by atoms with E-state index in [1.165, 1.54) is 12.1 Å². The summed E-state index contributed by atoms with van der Waals surface area (Å²) in [7, 11) is 3.38. The first-order valence-corrected chi connectivity index (χ1v) is 6.82. The van der Waals surface area contributed by atoms with Crippen molar-refractivity contribution in [2.24, 2.45) is 7.05 Å². The molecule has 0 atom stereocenters. The first-order valence-electron chi connectivity index (χ1n) is 4.51. The van der Waals surface area contributed by atoms with E-state index in [4.69, 9.17) is 10.7 Å². The van der Waals surface area contributed by atoms with Crippen molar-refractivity contribution in [1.82, 2.24) is 9.78 Å². The third-order valence-corrected chi connectivity index (χ3v) is 3.48. The van der Waals surface area contributed by atoms with Crippen LogP contribution in [0.1, 0.15) is 0 Å². The number of aromatic nitrogens is 2. The second-order valence-electron chi connectivity index (χ2n) is 3.34. The fourth-order valence-electron chi connectivity index (χ4n) is 1.38. The first kappa shape index (κ1) is 11.2. The predicted molar refractivity (Wildman–Crippen MR) is 61.7 cm³/mol. The van der Waals surface area contributed by atoms with Gasteiger partial charge in [-0.25, -0.2) is 8.42 Å². The molecule has 0 spiro atoms. The molecule has 0 aliphatic carbocycles. The molecule has 0 aliphatic rings. The van der Waals surface area contributed by atoms with Gasteiger partial charge >= 0.3 is 0 Å². The molecular weight excluding hydrogens is 248 g/mol. The van der Waals surface area contributed by atoms with E-state index in [9.17, 15) is 8.42 Å². The lowest BCUT2D eigenvalue weighted by molar-refractivity contribution is 0.609. The zero-order chi connectivity index (χ0) is 11.8. The molecule has 1 heterocycles. The molecule has 0 saturated carbocycles. The van der Waals surface area contributed by atoms with Crippen molar-refractivity contribution in [3.8, 4) is 11.3 Å². The quantitative estimate of drug-likeness (QED) is 0.773. The van der Waals surface area contributed by atoms with Gasteiger partial charge in [-0.2, -0.15) is 5.10 Å². The van der Waals surface area contributed by atoms with E-state index in [-0.39, 0.29) is 4.90 Å². The Hall–Kier alpha value is -1.33. The zero-order valence-corrected chi connectivity index (χ0v) is 10.0. The number of benzene rings is 1. The number of rotatable bonds is 2. The lowest BCUT2D eigenvalue weighted by atomic mass is 10.2. The van der Waals surface area contributed by atoms with Crippen LogP contribution in [0.2, 0.25) is 0 Å². The summed E-state index contributed by atoms with van der Waals surface area (Å²) in [6.45, 7) is 0. The molecule has 0 unspecified atom stereocenters. The molecule has 0 N–H and O–H groups in total. The Morgan fingerprint density at radius 3 is 2.62 bits per heavy atom. The largest absolute Gasteiger partial charge is 0.275 e. The highest BCUT2D eigenvalue weighted by Crippen LogP contribution is 2.22. The fourth-order valence-corrected chi connectivity index (χ4v) is 2.17. The van der Waals surface area contributed by atoms with E-state index in [1.54, 1.807) is 36.1 Å². The zero-order valence-electron chi connectivity index (χ0n) is 8.46. The average molecular weight is 257 g/mol. The molecule has 1 aromatic heterocycles. The van der Waals surface area contributed by atoms with Gasteiger partial charge in [0.15, 0.2) is 0 Å². The van der Waals surface area contributed by atoms with Crippen LogP contribution in [-0.2, 0) is 16.1 Å². The molecule has 84 valence electrons. The maximum Gasteiger partial charge on any atom is 0.261 e. The number of halogens is 1. The van der Waals surface area contributed by atoms with Crippen LogP contribution >= 0.6 is 10.7 Å². The topological polar surface area (TPSA) is 52.0 Å². The molecule has 2 rings (SSSR count). The molecule has 0 saturated heterocycles. The van der Waals surface area contributed by atoms with E-state index in [0.717, 1.165) is 5.56 Å². The van der Waals surface area contributed by atoms with E-state index < -0.39 is 9.05 Å². The highest BCUT2D eigenvalue weighted by Gasteiger charge is 2.11. The van der Waals surface area contributed by atoms with Crippen molar-refractivity contribution in [3.05, 3.63) is 36.5 Å². The lowest BCUT2D eigenvalue weighted by Gasteiger charge is -1.99. The molecule has 6 heteroatoms. The van der Waals surface area contributed by atoms with Crippen LogP contribution in [0, 0.1) is 0 Å². The first-order chi connectivity index (χ1) is 7.47. The van der Waals surface area contributed by atoms with Gasteiger partial charge < -0.3 is 0 Å². The normalized spacial score (nSPS) is 11.6. The highest BCUT2D eigenvalue weighted by molar-refractivity contribution is 8.13. The SMILES string of the molecule is Cn1ccc(-c2cccc(S(=O)(=O)Cl)c2)n1. The van der Waals surface area contributed by atoms with Crippen molar-refractivity contribution >= 4 is 19.7 Å². The summed E-state index contributed by atoms with van der Waals surface area (Å²) in [6.07, 6.45) is 1.79. The Morgan fingerprint density at radius 1 is 1.31 bits per heavy atom. The third kappa shape index (κ3) is 2.25. The van der Waals surface area contributed by atoms with Gasteiger partial charge in [-0.15, -0.1) is 0 Å². The monoisotopic (exact) mass is 256 g/mol. The molecule has 1 aromatic carbocycles. The van der Waals surface area contributed by atoms with Gasteiger partial charge in [0.25, 0.3) is 9.05 Å². The summed E-state index contributed by atoms with van der Waals surface area (Å²) < 4.78 is 24.0. The van der Waals surface area contributed by atoms with Crippen LogP contribution in [0.3, 0.4) is 0 Å². The van der Waals surface area contributed by atoms with Crippen LogP contribution in [0.15, 0.2) is 41.4 Å². The van der Waals surface area contributed by atoms with Gasteiger partial charge in [-0.05, 0) is 18.2 Å². The van der Waals surface area contributed by atoms with E-state index in [0.29, 0.717) is 5.69 Å². The molecule has 4 nitrogen and oxygen atoms in total. The maximum absolute atomic E-state index is 11.2. The van der Waals surface area contributed by atoms with E-state index in [1.807, 2.05) is 0 Å². The minimum Gasteiger partial charge on any atom is -0.275 e. The molecule has 0 aliphatic heterocycles. The van der Waals surface area contributed by atoms with Gasteiger partial charge in [0.05, 0.1) is 10.6 Å². The Bertz CT molecular complexity index is 619. The Morgan fingerprint density at radius 2 is 2.06 bits per heavy atom. The van der Waals surface area contributed by atoms with E-state index in [2.05, 4.69) is 5.10 Å². The Kier molecular flexibility index (Phi) is 2.73. The summed E-state index contributed by atoms with van der Waals surface area (Å²) in [6, 6.07) is 8.19. The van der Waals surface area contributed by atoms with Crippen molar-refractivity contribution in [2.75, 3.05) is 0 Å². The van der Waals surface area contributed by atoms with Crippen LogP contribution in [0.25, 0.3) is 11.3 Å². The molecule has 0 amide bonds. The summed E-state index contributed by atoms with van der Waals surface area (Å²) in [4.78, 5) is 0.0809. The minimum absolute atomic E-state index is 0.0809.